The van der Waals surface area contributed by atoms with E-state index >= 15 is 0 Å². The molecular weight excluding hydrogens is 1420 g/mol. The van der Waals surface area contributed by atoms with Crippen molar-refractivity contribution in [2.75, 3.05) is 0 Å². The molecule has 0 saturated heterocycles. The van der Waals surface area contributed by atoms with Gasteiger partial charge < -0.3 is 4.40 Å². The second kappa shape index (κ2) is 28.6. The molecule has 96 heavy (non-hydrogen) atoms. The minimum Gasteiger partial charge on any atom is -0.304 e. The van der Waals surface area contributed by atoms with Crippen LogP contribution >= 0.6 is 23.2 Å². The van der Waals surface area contributed by atoms with Crippen molar-refractivity contribution in [3.05, 3.63) is 224 Å². The molecule has 42 heteroatoms. The minimum atomic E-state index is -5.08. The molecule has 12 rings (SSSR count). The highest BCUT2D eigenvalue weighted by Gasteiger charge is 2.35. The Hall–Kier alpha value is -9.26. The normalized spacial score (nSPS) is 12.0. The average molecular weight is 1460 g/mol. The van der Waals surface area contributed by atoms with Crippen LogP contribution < -0.4 is 18.9 Å². The summed E-state index contributed by atoms with van der Waals surface area (Å²) in [5.74, 6) is -22.6. The Labute approximate surface area is 545 Å². The summed E-state index contributed by atoms with van der Waals surface area (Å²) in [6, 6.07) is 20.5. The van der Waals surface area contributed by atoms with E-state index in [0.717, 1.165) is 22.6 Å². The summed E-state index contributed by atoms with van der Waals surface area (Å²) in [4.78, 5) is 24.8. The fourth-order valence-corrected chi connectivity index (χ4v) is 12.8. The Kier molecular flexibility index (Phi) is 21.2. The quantitative estimate of drug-likeness (QED) is 0.0412. The van der Waals surface area contributed by atoms with Crippen LogP contribution in [0.25, 0.3) is 23.0 Å². The van der Waals surface area contributed by atoms with Gasteiger partial charge in [0.05, 0.1) is 41.7 Å². The van der Waals surface area contributed by atoms with E-state index in [2.05, 4.69) is 59.6 Å². The number of hydrogen-bond acceptors (Lipinski definition) is 18. The van der Waals surface area contributed by atoms with Crippen LogP contribution in [0.15, 0.2) is 129 Å². The molecule has 0 bridgehead atoms. The average Bonchev–Trinajstić information content (AvgIpc) is 0.823. The highest BCUT2D eigenvalue weighted by molar-refractivity contribution is 7.90. The van der Waals surface area contributed by atoms with Gasteiger partial charge in [-0.3, -0.25) is 0 Å². The first kappa shape index (κ1) is 71.0. The van der Waals surface area contributed by atoms with E-state index in [1.807, 2.05) is 32.9 Å². The number of sulfonamides is 4. The number of aryl methyl sites for hydroxylation is 4. The summed E-state index contributed by atoms with van der Waals surface area (Å²) in [5.41, 5.74) is 4.14. The number of imidazole rings is 1. The maximum absolute atomic E-state index is 13.7. The summed E-state index contributed by atoms with van der Waals surface area (Å²) in [6.45, 7) is 6.18. The molecule has 0 atom stereocenters. The molecule has 0 fully saturated rings. The summed E-state index contributed by atoms with van der Waals surface area (Å²) >= 11 is 11.5. The van der Waals surface area contributed by atoms with Gasteiger partial charge in [-0.25, -0.2) is 130 Å². The van der Waals surface area contributed by atoms with Crippen LogP contribution in [0.1, 0.15) is 45.8 Å². The van der Waals surface area contributed by atoms with Gasteiger partial charge >= 0.3 is 0 Å². The Bertz CT molecular complexity index is 5330. The second-order valence-corrected chi connectivity index (χ2v) is 27.5. The van der Waals surface area contributed by atoms with Crippen LogP contribution in [-0.2, 0) is 66.3 Å². The monoisotopic (exact) mass is 1460 g/mol. The van der Waals surface area contributed by atoms with E-state index in [9.17, 15) is 77.6 Å². The number of hydrogen-bond donors (Lipinski definition) is 4. The molecule has 4 aromatic carbocycles. The van der Waals surface area contributed by atoms with Crippen molar-refractivity contribution in [1.82, 2.24) is 87.0 Å². The maximum Gasteiger partial charge on any atom is 0.252 e. The van der Waals surface area contributed by atoms with Crippen LogP contribution in [-0.4, -0.2) is 102 Å². The maximum atomic E-state index is 13.7. The van der Waals surface area contributed by atoms with Crippen LogP contribution in [0.3, 0.4) is 0 Å². The van der Waals surface area contributed by atoms with E-state index in [-0.39, 0.29) is 40.2 Å². The van der Waals surface area contributed by atoms with E-state index < -0.39 is 121 Å². The predicted octanol–water partition coefficient (Wildman–Crippen LogP) is 7.55. The standard InChI is InChI=1S/C16H12F5N3O2S.C14H14ClN5O2S.C12H10ClN5O2S.C12H6F5N5O2S/c1-7-3-8(2)24-6-9(23-10(24)4-7)5-22-27(25,26)16-14(20)12(18)11(17)13(19)15(16)21;1-9-7-10(2)20-14(17-9)18-13(19-20)8-16-23(21,22)12-5-3-11(15)4-6-12;13-9-2-4-10(5-3-9)21(19,20)15-8-11-16-12-14-6-1-7-18(12)17-11;13-6-7(14)9(16)11(10(17)8(6)15)25(23,24)19-4-5-20-12-18-2-1-3-22(12)21-5/h3-4,6,22H,5H2,1-2H3;3-7,16H,8H2,1-2H3;1-7,15H,8H2;1-3,19H,4H2. The third kappa shape index (κ3) is 16.0. The molecule has 0 aliphatic rings. The molecular formula is C54H42Cl2F10N18O8S4. The molecule has 4 N–H and O–H groups in total. The zero-order valence-corrected chi connectivity index (χ0v) is 53.7. The smallest absolute Gasteiger partial charge is 0.252 e. The SMILES string of the molecule is Cc1cc(C)n2cc(CNS(=O)(=O)c3c(F)c(F)c(F)c(F)c3F)nc2c1.Cc1cc(C)n2nc(CNS(=O)(=O)c3ccc(Cl)cc3)nc2n1.O=S(=O)(NCc1nc2ncccn2n1)c1c(F)c(F)c(F)c(F)c1F.O=S(=O)(NCc1nc2ncccn2n1)c1ccc(Cl)cc1. The first-order chi connectivity index (χ1) is 45.1. The third-order valence-electron chi connectivity index (χ3n) is 12.8. The molecule has 0 unspecified atom stereocenters. The number of nitrogens with zero attached hydrogens (tertiary/aromatic N) is 14. The van der Waals surface area contributed by atoms with Crippen LogP contribution in [0.5, 0.6) is 0 Å². The van der Waals surface area contributed by atoms with E-state index in [0.29, 0.717) is 38.9 Å². The van der Waals surface area contributed by atoms with E-state index in [4.69, 9.17) is 23.2 Å². The number of pyridine rings is 1. The molecule has 12 aromatic rings. The zero-order chi connectivity index (χ0) is 69.9. The summed E-state index contributed by atoms with van der Waals surface area (Å²) in [5, 5.41) is 13.2. The van der Waals surface area contributed by atoms with Gasteiger partial charge in [-0.1, -0.05) is 23.2 Å². The van der Waals surface area contributed by atoms with Crippen molar-refractivity contribution >= 4 is 86.3 Å². The van der Waals surface area contributed by atoms with Gasteiger partial charge in [-0.05, 0) is 112 Å². The number of fused-ring (bicyclic) bond motifs is 4. The Morgan fingerprint density at radius 3 is 1.24 bits per heavy atom. The molecule has 0 aliphatic carbocycles. The van der Waals surface area contributed by atoms with Crippen LogP contribution in [0.4, 0.5) is 43.9 Å². The molecule has 0 saturated carbocycles. The topological polar surface area (TPSA) is 331 Å². The molecule has 8 aromatic heterocycles. The lowest BCUT2D eigenvalue weighted by atomic mass is 10.2. The van der Waals surface area contributed by atoms with Gasteiger partial charge in [0.15, 0.2) is 73.8 Å². The van der Waals surface area contributed by atoms with Crippen molar-refractivity contribution in [2.24, 2.45) is 0 Å². The molecule has 26 nitrogen and oxygen atoms in total. The number of benzene rings is 4. The van der Waals surface area contributed by atoms with E-state index in [1.165, 1.54) is 82.2 Å². The van der Waals surface area contributed by atoms with Gasteiger partial charge in [-0.15, -0.1) is 15.3 Å². The minimum absolute atomic E-state index is 0.0195. The number of nitrogens with one attached hydrogen (secondary N) is 4. The third-order valence-corrected chi connectivity index (χ3v) is 18.9. The van der Waals surface area contributed by atoms with Crippen molar-refractivity contribution in [3.63, 3.8) is 0 Å². The molecule has 0 amide bonds. The van der Waals surface area contributed by atoms with Crippen molar-refractivity contribution in [2.45, 2.75) is 73.5 Å². The molecule has 0 aliphatic heterocycles. The highest BCUT2D eigenvalue weighted by atomic mass is 35.5. The van der Waals surface area contributed by atoms with Crippen LogP contribution in [0.2, 0.25) is 10.0 Å². The van der Waals surface area contributed by atoms with Gasteiger partial charge in [0.2, 0.25) is 51.7 Å². The fourth-order valence-electron chi connectivity index (χ4n) is 8.37. The number of aromatic nitrogens is 14. The van der Waals surface area contributed by atoms with E-state index in [1.54, 1.807) is 49.8 Å². The first-order valence-electron chi connectivity index (χ1n) is 26.6. The first-order valence-corrected chi connectivity index (χ1v) is 33.3. The lowest BCUT2D eigenvalue weighted by Gasteiger charge is -2.09. The van der Waals surface area contributed by atoms with Crippen molar-refractivity contribution in [1.29, 1.82) is 0 Å². The lowest BCUT2D eigenvalue weighted by molar-refractivity contribution is 0.357. The Balaban J connectivity index is 0.000000151. The van der Waals surface area contributed by atoms with Crippen molar-refractivity contribution < 1.29 is 77.6 Å². The van der Waals surface area contributed by atoms with Gasteiger partial charge in [-0.2, -0.15) is 15.0 Å². The highest BCUT2D eigenvalue weighted by Crippen LogP contribution is 2.29. The molecule has 8 heterocycles. The summed E-state index contributed by atoms with van der Waals surface area (Å²) in [6.07, 6.45) is 7.62. The van der Waals surface area contributed by atoms with Gasteiger partial charge in [0.1, 0.15) is 5.65 Å². The molecule has 0 spiro atoms. The Morgan fingerprint density at radius 1 is 0.427 bits per heavy atom. The predicted molar refractivity (Wildman–Crippen MR) is 318 cm³/mol. The summed E-state index contributed by atoms with van der Waals surface area (Å²) < 4.78 is 245. The van der Waals surface area contributed by atoms with Crippen molar-refractivity contribution in [3.8, 4) is 0 Å². The Morgan fingerprint density at radius 2 is 0.812 bits per heavy atom. The number of rotatable bonds is 16. The van der Waals surface area contributed by atoms with Crippen LogP contribution in [0, 0.1) is 85.9 Å². The fraction of sp³-hybridized carbons (Fsp3) is 0.148. The molecule has 0 radical (unpaired) electrons. The lowest BCUT2D eigenvalue weighted by Crippen LogP contribution is -2.27. The molecule has 504 valence electrons. The van der Waals surface area contributed by atoms with Gasteiger partial charge in [0.25, 0.3) is 17.3 Å². The van der Waals surface area contributed by atoms with Gasteiger partial charge in [0, 0.05) is 58.1 Å². The summed E-state index contributed by atoms with van der Waals surface area (Å²) in [7, 11) is -17.4. The second-order valence-electron chi connectivity index (χ2n) is 19.7. The number of halogens is 12. The zero-order valence-electron chi connectivity index (χ0n) is 48.9. The largest absolute Gasteiger partial charge is 0.304 e.